The van der Waals surface area contributed by atoms with Gasteiger partial charge < -0.3 is 16.0 Å². The normalized spacial score (nSPS) is 20.4. The number of carbonyl (C=O) groups excluding carboxylic acids is 2. The van der Waals surface area contributed by atoms with Crippen molar-refractivity contribution in [2.24, 2.45) is 0 Å². The van der Waals surface area contributed by atoms with Gasteiger partial charge in [0.05, 0.1) is 6.04 Å². The molecule has 0 bridgehead atoms. The number of rotatable bonds is 7. The van der Waals surface area contributed by atoms with E-state index in [0.29, 0.717) is 12.1 Å². The van der Waals surface area contributed by atoms with Crippen molar-refractivity contribution in [3.63, 3.8) is 0 Å². The summed E-state index contributed by atoms with van der Waals surface area (Å²) in [5.41, 5.74) is 0.611. The molecule has 2 rings (SSSR count). The lowest BCUT2D eigenvalue weighted by Crippen LogP contribution is -2.30. The Bertz CT molecular complexity index is 519. The van der Waals surface area contributed by atoms with Crippen LogP contribution in [0.2, 0.25) is 0 Å². The Morgan fingerprint density at radius 3 is 2.55 bits per heavy atom. The molecule has 2 atom stereocenters. The van der Waals surface area contributed by atoms with Crippen LogP contribution in [0.3, 0.4) is 0 Å². The standard InChI is InChI=1S/C16H22FN3O2/c1-11-14(20-16(22)18-11)5-3-2-4-6-15(21)19-13-9-7-12(17)8-10-13/h7-11,14H,2-6H2,1H3,(H,19,21)(H2,18,20,22)/t11-,14-/m0/s1. The maximum Gasteiger partial charge on any atom is 0.315 e. The molecular formula is C16H22FN3O2. The van der Waals surface area contributed by atoms with E-state index in [9.17, 15) is 14.0 Å². The van der Waals surface area contributed by atoms with E-state index in [-0.39, 0.29) is 29.8 Å². The highest BCUT2D eigenvalue weighted by Gasteiger charge is 2.26. The molecule has 0 unspecified atom stereocenters. The van der Waals surface area contributed by atoms with Crippen LogP contribution in [0.1, 0.15) is 39.0 Å². The van der Waals surface area contributed by atoms with Crippen molar-refractivity contribution in [2.75, 3.05) is 5.32 Å². The van der Waals surface area contributed by atoms with Crippen molar-refractivity contribution in [3.05, 3.63) is 30.1 Å². The Morgan fingerprint density at radius 1 is 1.18 bits per heavy atom. The van der Waals surface area contributed by atoms with Crippen molar-refractivity contribution >= 4 is 17.6 Å². The minimum Gasteiger partial charge on any atom is -0.334 e. The van der Waals surface area contributed by atoms with Gasteiger partial charge in [0.2, 0.25) is 5.91 Å². The summed E-state index contributed by atoms with van der Waals surface area (Å²) in [6.45, 7) is 1.98. The zero-order chi connectivity index (χ0) is 15.9. The molecule has 0 radical (unpaired) electrons. The first kappa shape index (κ1) is 16.3. The number of nitrogens with one attached hydrogen (secondary N) is 3. The van der Waals surface area contributed by atoms with Gasteiger partial charge in [-0.2, -0.15) is 0 Å². The fraction of sp³-hybridized carbons (Fsp3) is 0.500. The maximum atomic E-state index is 12.7. The van der Waals surface area contributed by atoms with Gasteiger partial charge >= 0.3 is 6.03 Å². The fourth-order valence-electron chi connectivity index (χ4n) is 2.55. The number of halogens is 1. The third kappa shape index (κ3) is 5.02. The van der Waals surface area contributed by atoms with Gasteiger partial charge in [-0.1, -0.05) is 12.8 Å². The van der Waals surface area contributed by atoms with Crippen LogP contribution in [0.25, 0.3) is 0 Å². The molecule has 1 heterocycles. The molecule has 1 aliphatic rings. The van der Waals surface area contributed by atoms with Crippen molar-refractivity contribution in [2.45, 2.75) is 51.1 Å². The highest BCUT2D eigenvalue weighted by molar-refractivity contribution is 5.90. The minimum absolute atomic E-state index is 0.0594. The molecule has 1 fully saturated rings. The second kappa shape index (κ2) is 7.77. The Morgan fingerprint density at radius 2 is 1.91 bits per heavy atom. The van der Waals surface area contributed by atoms with Crippen molar-refractivity contribution in [1.29, 1.82) is 0 Å². The first-order valence-corrected chi connectivity index (χ1v) is 7.67. The average molecular weight is 307 g/mol. The number of carbonyl (C=O) groups is 2. The van der Waals surface area contributed by atoms with Crippen molar-refractivity contribution in [1.82, 2.24) is 10.6 Å². The largest absolute Gasteiger partial charge is 0.334 e. The van der Waals surface area contributed by atoms with Gasteiger partial charge in [0, 0.05) is 18.2 Å². The molecule has 0 spiro atoms. The number of hydrogen-bond donors (Lipinski definition) is 3. The van der Waals surface area contributed by atoms with Gasteiger partial charge in [-0.05, 0) is 44.0 Å². The third-order valence-electron chi connectivity index (χ3n) is 3.83. The van der Waals surface area contributed by atoms with Crippen molar-refractivity contribution < 1.29 is 14.0 Å². The quantitative estimate of drug-likeness (QED) is 0.678. The van der Waals surface area contributed by atoms with E-state index < -0.39 is 0 Å². The summed E-state index contributed by atoms with van der Waals surface area (Å²) in [6.07, 6.45) is 4.08. The molecular weight excluding hydrogens is 285 g/mol. The highest BCUT2D eigenvalue weighted by Crippen LogP contribution is 2.13. The van der Waals surface area contributed by atoms with E-state index >= 15 is 0 Å². The van der Waals surface area contributed by atoms with E-state index in [1.807, 2.05) is 6.92 Å². The first-order chi connectivity index (χ1) is 10.5. The highest BCUT2D eigenvalue weighted by atomic mass is 19.1. The number of hydrogen-bond acceptors (Lipinski definition) is 2. The lowest BCUT2D eigenvalue weighted by molar-refractivity contribution is -0.116. The number of amides is 3. The molecule has 1 aromatic carbocycles. The Hall–Kier alpha value is -2.11. The second-order valence-corrected chi connectivity index (χ2v) is 5.67. The zero-order valence-electron chi connectivity index (χ0n) is 12.7. The van der Waals surface area contributed by atoms with Crippen LogP contribution in [-0.2, 0) is 4.79 Å². The fourth-order valence-corrected chi connectivity index (χ4v) is 2.55. The van der Waals surface area contributed by atoms with Gasteiger partial charge in [0.1, 0.15) is 5.82 Å². The molecule has 120 valence electrons. The SMILES string of the molecule is C[C@@H]1NC(=O)N[C@H]1CCCCCC(=O)Nc1ccc(F)cc1. The van der Waals surface area contributed by atoms with Gasteiger partial charge in [-0.3, -0.25) is 4.79 Å². The van der Waals surface area contributed by atoms with E-state index in [4.69, 9.17) is 0 Å². The Balaban J connectivity index is 1.57. The van der Waals surface area contributed by atoms with Crippen LogP contribution in [0.4, 0.5) is 14.9 Å². The van der Waals surface area contributed by atoms with Gasteiger partial charge in [-0.15, -0.1) is 0 Å². The molecule has 0 saturated carbocycles. The predicted molar refractivity (Wildman–Crippen MR) is 83.0 cm³/mol. The topological polar surface area (TPSA) is 70.2 Å². The third-order valence-corrected chi connectivity index (χ3v) is 3.83. The van der Waals surface area contributed by atoms with E-state index in [0.717, 1.165) is 25.7 Å². The second-order valence-electron chi connectivity index (χ2n) is 5.67. The molecule has 5 nitrogen and oxygen atoms in total. The monoisotopic (exact) mass is 307 g/mol. The number of anilines is 1. The number of benzene rings is 1. The Kier molecular flexibility index (Phi) is 5.75. The van der Waals surface area contributed by atoms with E-state index in [1.54, 1.807) is 12.1 Å². The zero-order valence-corrected chi connectivity index (χ0v) is 12.7. The summed E-state index contributed by atoms with van der Waals surface area (Å²) >= 11 is 0. The lowest BCUT2D eigenvalue weighted by atomic mass is 10.0. The molecule has 0 aromatic heterocycles. The number of unbranched alkanes of at least 4 members (excludes halogenated alkanes) is 2. The molecule has 3 amide bonds. The van der Waals surface area contributed by atoms with Crippen LogP contribution in [0.5, 0.6) is 0 Å². The maximum absolute atomic E-state index is 12.7. The van der Waals surface area contributed by atoms with Crippen LogP contribution in [-0.4, -0.2) is 24.0 Å². The van der Waals surface area contributed by atoms with Crippen LogP contribution in [0.15, 0.2) is 24.3 Å². The van der Waals surface area contributed by atoms with Crippen LogP contribution < -0.4 is 16.0 Å². The molecule has 1 saturated heterocycles. The summed E-state index contributed by atoms with van der Waals surface area (Å²) in [5.74, 6) is -0.378. The lowest BCUT2D eigenvalue weighted by Gasteiger charge is -2.13. The Labute approximate surface area is 129 Å². The molecule has 1 aliphatic heterocycles. The van der Waals surface area contributed by atoms with E-state index in [2.05, 4.69) is 16.0 Å². The minimum atomic E-state index is -0.319. The van der Waals surface area contributed by atoms with Crippen molar-refractivity contribution in [3.8, 4) is 0 Å². The molecule has 22 heavy (non-hydrogen) atoms. The van der Waals surface area contributed by atoms with Gasteiger partial charge in [0.15, 0.2) is 0 Å². The van der Waals surface area contributed by atoms with Crippen LogP contribution >= 0.6 is 0 Å². The number of urea groups is 1. The smallest absolute Gasteiger partial charge is 0.315 e. The van der Waals surface area contributed by atoms with Gasteiger partial charge in [-0.25, -0.2) is 9.18 Å². The van der Waals surface area contributed by atoms with E-state index in [1.165, 1.54) is 12.1 Å². The summed E-state index contributed by atoms with van der Waals surface area (Å²) in [5, 5.41) is 8.44. The van der Waals surface area contributed by atoms with Gasteiger partial charge in [0.25, 0.3) is 0 Å². The van der Waals surface area contributed by atoms with Crippen LogP contribution in [0, 0.1) is 5.82 Å². The summed E-state index contributed by atoms with van der Waals surface area (Å²) in [4.78, 5) is 22.9. The molecule has 6 heteroatoms. The first-order valence-electron chi connectivity index (χ1n) is 7.67. The predicted octanol–water partition coefficient (Wildman–Crippen LogP) is 2.78. The summed E-state index contributed by atoms with van der Waals surface area (Å²) < 4.78 is 12.7. The molecule has 1 aromatic rings. The molecule has 0 aliphatic carbocycles. The summed E-state index contributed by atoms with van der Waals surface area (Å²) in [7, 11) is 0. The average Bonchev–Trinajstić information content (AvgIpc) is 2.79. The summed E-state index contributed by atoms with van der Waals surface area (Å²) in [6, 6.07) is 5.97. The molecule has 3 N–H and O–H groups in total.